The van der Waals surface area contributed by atoms with E-state index in [1.165, 1.54) is 6.07 Å². The number of halogens is 3. The Bertz CT molecular complexity index is 834. The lowest BCUT2D eigenvalue weighted by atomic mass is 9.94. The Kier molecular flexibility index (Phi) is 6.80. The van der Waals surface area contributed by atoms with Gasteiger partial charge in [-0.25, -0.2) is 0 Å². The Morgan fingerprint density at radius 1 is 1.32 bits per heavy atom. The predicted octanol–water partition coefficient (Wildman–Crippen LogP) is 6.85. The number of hydrogen-bond acceptors (Lipinski definition) is 5. The van der Waals surface area contributed by atoms with E-state index in [0.29, 0.717) is 11.6 Å². The van der Waals surface area contributed by atoms with Gasteiger partial charge in [-0.05, 0) is 50.3 Å². The molecule has 1 aromatic heterocycles. The molecule has 2 heterocycles. The first-order valence-electron chi connectivity index (χ1n) is 8.84. The Morgan fingerprint density at radius 3 is 2.79 bits per heavy atom. The number of alkyl halides is 2. The SMILES string of the molecule is CSc1cnc(C2CC(C)(Sc3cccc(OC(C)(F)F)c3)CCO2)c(Cl)c1. The van der Waals surface area contributed by atoms with Crippen LogP contribution in [0.3, 0.4) is 0 Å². The largest absolute Gasteiger partial charge is 0.433 e. The molecule has 1 aliphatic heterocycles. The highest BCUT2D eigenvalue weighted by Gasteiger charge is 2.36. The fraction of sp³-hybridized carbons (Fsp3) is 0.450. The zero-order chi connectivity index (χ0) is 20.4. The first-order chi connectivity index (χ1) is 13.2. The highest BCUT2D eigenvalue weighted by atomic mass is 35.5. The zero-order valence-corrected chi connectivity index (χ0v) is 18.3. The topological polar surface area (TPSA) is 31.4 Å². The molecule has 1 fully saturated rings. The number of rotatable bonds is 6. The lowest BCUT2D eigenvalue weighted by molar-refractivity contribution is -0.159. The number of pyridine rings is 1. The number of hydrogen-bond donors (Lipinski definition) is 0. The van der Waals surface area contributed by atoms with Crippen LogP contribution >= 0.6 is 35.1 Å². The van der Waals surface area contributed by atoms with Gasteiger partial charge in [0.25, 0.3) is 0 Å². The van der Waals surface area contributed by atoms with Gasteiger partial charge in [-0.3, -0.25) is 4.98 Å². The van der Waals surface area contributed by atoms with E-state index in [2.05, 4.69) is 11.9 Å². The van der Waals surface area contributed by atoms with Crippen LogP contribution in [0.4, 0.5) is 8.78 Å². The van der Waals surface area contributed by atoms with E-state index in [4.69, 9.17) is 21.1 Å². The van der Waals surface area contributed by atoms with E-state index in [9.17, 15) is 8.78 Å². The molecule has 2 atom stereocenters. The molecule has 2 aromatic rings. The number of benzene rings is 1. The molecule has 152 valence electrons. The maximum Gasteiger partial charge on any atom is 0.394 e. The van der Waals surface area contributed by atoms with Gasteiger partial charge in [0.15, 0.2) is 0 Å². The molecule has 1 saturated heterocycles. The molecule has 3 nitrogen and oxygen atoms in total. The molecule has 0 aliphatic carbocycles. The summed E-state index contributed by atoms with van der Waals surface area (Å²) >= 11 is 9.65. The van der Waals surface area contributed by atoms with Crippen LogP contribution in [0.1, 0.15) is 38.5 Å². The second-order valence-electron chi connectivity index (χ2n) is 6.99. The van der Waals surface area contributed by atoms with Gasteiger partial charge in [-0.2, -0.15) is 8.78 Å². The van der Waals surface area contributed by atoms with Crippen molar-refractivity contribution in [2.75, 3.05) is 12.9 Å². The Hall–Kier alpha value is -1.02. The summed E-state index contributed by atoms with van der Waals surface area (Å²) in [5, 5.41) is 0.603. The van der Waals surface area contributed by atoms with Crippen molar-refractivity contribution in [2.24, 2.45) is 0 Å². The van der Waals surface area contributed by atoms with Gasteiger partial charge in [0, 0.05) is 34.3 Å². The van der Waals surface area contributed by atoms with Crippen molar-refractivity contribution in [1.29, 1.82) is 0 Å². The molecule has 1 aliphatic rings. The molecule has 8 heteroatoms. The van der Waals surface area contributed by atoms with Crippen LogP contribution in [0, 0.1) is 0 Å². The van der Waals surface area contributed by atoms with E-state index < -0.39 is 6.11 Å². The van der Waals surface area contributed by atoms with Crippen molar-refractivity contribution < 1.29 is 18.3 Å². The van der Waals surface area contributed by atoms with Crippen LogP contribution in [-0.4, -0.2) is 28.7 Å². The Morgan fingerprint density at radius 2 is 2.11 bits per heavy atom. The maximum absolute atomic E-state index is 13.1. The van der Waals surface area contributed by atoms with Crippen molar-refractivity contribution in [1.82, 2.24) is 4.98 Å². The minimum absolute atomic E-state index is 0.139. The summed E-state index contributed by atoms with van der Waals surface area (Å²) in [7, 11) is 0. The first kappa shape index (κ1) is 21.7. The van der Waals surface area contributed by atoms with Gasteiger partial charge in [0.2, 0.25) is 0 Å². The van der Waals surface area contributed by atoms with Gasteiger partial charge >= 0.3 is 6.11 Å². The van der Waals surface area contributed by atoms with E-state index in [1.807, 2.05) is 18.4 Å². The second-order valence-corrected chi connectivity index (χ2v) is 9.94. The van der Waals surface area contributed by atoms with Crippen LogP contribution in [-0.2, 0) is 4.74 Å². The lowest BCUT2D eigenvalue weighted by Crippen LogP contribution is -2.32. The van der Waals surface area contributed by atoms with E-state index >= 15 is 0 Å². The van der Waals surface area contributed by atoms with Crippen LogP contribution < -0.4 is 4.74 Å². The molecule has 0 N–H and O–H groups in total. The summed E-state index contributed by atoms with van der Waals surface area (Å²) in [5.74, 6) is 0.155. The van der Waals surface area contributed by atoms with Crippen molar-refractivity contribution in [3.05, 3.63) is 47.2 Å². The third kappa shape index (κ3) is 5.75. The molecule has 1 aromatic carbocycles. The van der Waals surface area contributed by atoms with E-state index in [-0.39, 0.29) is 16.6 Å². The van der Waals surface area contributed by atoms with E-state index in [0.717, 1.165) is 35.3 Å². The fourth-order valence-corrected chi connectivity index (χ4v) is 5.17. The average Bonchev–Trinajstić information content (AvgIpc) is 2.60. The maximum atomic E-state index is 13.1. The summed E-state index contributed by atoms with van der Waals surface area (Å²) in [6.45, 7) is 3.47. The first-order valence-corrected chi connectivity index (χ1v) is 11.3. The lowest BCUT2D eigenvalue weighted by Gasteiger charge is -2.37. The highest BCUT2D eigenvalue weighted by Crippen LogP contribution is 2.47. The molecule has 0 amide bonds. The molecule has 2 unspecified atom stereocenters. The average molecular weight is 446 g/mol. The fourth-order valence-electron chi connectivity index (χ4n) is 3.11. The summed E-state index contributed by atoms with van der Waals surface area (Å²) in [6, 6.07) is 8.72. The van der Waals surface area contributed by atoms with Gasteiger partial charge in [-0.1, -0.05) is 17.7 Å². The quantitative estimate of drug-likeness (QED) is 0.454. The minimum atomic E-state index is -3.21. The van der Waals surface area contributed by atoms with Gasteiger partial charge < -0.3 is 9.47 Å². The van der Waals surface area contributed by atoms with Crippen LogP contribution in [0.25, 0.3) is 0 Å². The molecule has 0 saturated carbocycles. The second kappa shape index (κ2) is 8.78. The van der Waals surface area contributed by atoms with Crippen molar-refractivity contribution in [2.45, 2.75) is 53.4 Å². The number of thioether (sulfide) groups is 2. The minimum Gasteiger partial charge on any atom is -0.433 e. The molecule has 3 rings (SSSR count). The summed E-state index contributed by atoms with van der Waals surface area (Å²) in [6.07, 6.45) is 1.93. The molecular formula is C20H22ClF2NO2S2. The number of aromatic nitrogens is 1. The van der Waals surface area contributed by atoms with Crippen molar-refractivity contribution in [3.8, 4) is 5.75 Å². The molecular weight excluding hydrogens is 424 g/mol. The van der Waals surface area contributed by atoms with Gasteiger partial charge in [0.1, 0.15) is 11.9 Å². The van der Waals surface area contributed by atoms with Crippen LogP contribution in [0.15, 0.2) is 46.3 Å². The monoisotopic (exact) mass is 445 g/mol. The van der Waals surface area contributed by atoms with Crippen LogP contribution in [0.2, 0.25) is 5.02 Å². The smallest absolute Gasteiger partial charge is 0.394 e. The number of ether oxygens (including phenoxy) is 2. The van der Waals surface area contributed by atoms with Crippen molar-refractivity contribution >= 4 is 35.1 Å². The highest BCUT2D eigenvalue weighted by molar-refractivity contribution is 8.00. The summed E-state index contributed by atoms with van der Waals surface area (Å²) < 4.78 is 36.8. The molecule has 0 bridgehead atoms. The predicted molar refractivity (Wildman–Crippen MR) is 111 cm³/mol. The molecule has 0 spiro atoms. The van der Waals surface area contributed by atoms with Gasteiger partial charge in [0.05, 0.1) is 10.7 Å². The van der Waals surface area contributed by atoms with Crippen molar-refractivity contribution in [3.63, 3.8) is 0 Å². The van der Waals surface area contributed by atoms with Gasteiger partial charge in [-0.15, -0.1) is 23.5 Å². The summed E-state index contributed by atoms with van der Waals surface area (Å²) in [5.41, 5.74) is 0.744. The number of nitrogens with zero attached hydrogens (tertiary/aromatic N) is 1. The molecule has 28 heavy (non-hydrogen) atoms. The normalized spacial score (nSPS) is 22.9. The third-order valence-electron chi connectivity index (χ3n) is 4.42. The molecule has 0 radical (unpaired) electrons. The van der Waals surface area contributed by atoms with Crippen LogP contribution in [0.5, 0.6) is 5.75 Å². The summed E-state index contributed by atoms with van der Waals surface area (Å²) in [4.78, 5) is 6.39. The zero-order valence-electron chi connectivity index (χ0n) is 15.9. The Balaban J connectivity index is 1.75. The Labute approximate surface area is 177 Å². The third-order valence-corrected chi connectivity index (χ3v) is 6.77. The standard InChI is InChI=1S/C20H22ClF2NO2S2/c1-19(28-14-6-4-5-13(9-14)26-20(2,22)23)7-8-25-17(11-19)18-16(21)10-15(27-3)12-24-18/h4-6,9-10,12,17H,7-8,11H2,1-3H3. The van der Waals surface area contributed by atoms with E-state index in [1.54, 1.807) is 41.9 Å².